The van der Waals surface area contributed by atoms with Crippen molar-refractivity contribution in [3.05, 3.63) is 66.1 Å². The second-order valence-corrected chi connectivity index (χ2v) is 9.08. The Morgan fingerprint density at radius 2 is 1.84 bits per heavy atom. The van der Waals surface area contributed by atoms with E-state index in [1.165, 1.54) is 31.0 Å². The normalized spacial score (nSPS) is 15.4. The van der Waals surface area contributed by atoms with Crippen LogP contribution in [0.1, 0.15) is 56.4 Å². The molecule has 1 aliphatic carbocycles. The van der Waals surface area contributed by atoms with E-state index in [4.69, 9.17) is 9.15 Å². The fourth-order valence-corrected chi connectivity index (χ4v) is 4.30. The zero-order valence-electron chi connectivity index (χ0n) is 17.6. The first kappa shape index (κ1) is 21.4. The average molecular weight is 438 g/mol. The van der Waals surface area contributed by atoms with Gasteiger partial charge in [0.25, 0.3) is 5.22 Å². The number of rotatable bonds is 8. The first-order valence-corrected chi connectivity index (χ1v) is 11.6. The summed E-state index contributed by atoms with van der Waals surface area (Å²) in [5.41, 5.74) is 1.83. The van der Waals surface area contributed by atoms with Crippen LogP contribution in [0.25, 0.3) is 0 Å². The molecule has 1 N–H and O–H groups in total. The monoisotopic (exact) mass is 437 g/mol. The highest BCUT2D eigenvalue weighted by Gasteiger charge is 2.23. The molecule has 1 unspecified atom stereocenters. The Bertz CT molecular complexity index is 969. The molecule has 7 heteroatoms. The molecule has 31 heavy (non-hydrogen) atoms. The standard InChI is InChI=1S/C24H27N3O3S/c1-17(31-24-27-26-23(30-24)19-10-6-3-7-11-19)22(28)25-20-12-14-21(15-13-20)29-16-18-8-4-2-5-9-18/h2,4-5,8-9,12-15,17,19H,3,6-7,10-11,16H2,1H3,(H,25,28). The average Bonchev–Trinajstić information content (AvgIpc) is 3.28. The van der Waals surface area contributed by atoms with Gasteiger partial charge in [-0.1, -0.05) is 61.4 Å². The molecule has 1 aromatic heterocycles. The zero-order chi connectivity index (χ0) is 21.5. The highest BCUT2D eigenvalue weighted by molar-refractivity contribution is 8.00. The molecule has 4 rings (SSSR count). The van der Waals surface area contributed by atoms with E-state index in [2.05, 4.69) is 15.5 Å². The van der Waals surface area contributed by atoms with E-state index in [1.54, 1.807) is 0 Å². The Kier molecular flexibility index (Phi) is 7.25. The van der Waals surface area contributed by atoms with Crippen LogP contribution >= 0.6 is 11.8 Å². The molecule has 1 saturated carbocycles. The third-order valence-corrected chi connectivity index (χ3v) is 6.33. The van der Waals surface area contributed by atoms with Crippen molar-refractivity contribution in [1.82, 2.24) is 10.2 Å². The van der Waals surface area contributed by atoms with Crippen molar-refractivity contribution < 1.29 is 13.9 Å². The third-order valence-electron chi connectivity index (χ3n) is 5.39. The Hall–Kier alpha value is -2.80. The summed E-state index contributed by atoms with van der Waals surface area (Å²) in [6.45, 7) is 2.34. The number of carbonyl (C=O) groups excluding carboxylic acids is 1. The fraction of sp³-hybridized carbons (Fsp3) is 0.375. The van der Waals surface area contributed by atoms with Gasteiger partial charge in [0.1, 0.15) is 12.4 Å². The first-order valence-electron chi connectivity index (χ1n) is 10.7. The van der Waals surface area contributed by atoms with Crippen molar-refractivity contribution in [2.24, 2.45) is 0 Å². The van der Waals surface area contributed by atoms with Crippen LogP contribution in [0.2, 0.25) is 0 Å². The van der Waals surface area contributed by atoms with Gasteiger partial charge in [0.05, 0.1) is 5.25 Å². The summed E-state index contributed by atoms with van der Waals surface area (Å²) in [7, 11) is 0. The number of hydrogen-bond acceptors (Lipinski definition) is 6. The molecule has 6 nitrogen and oxygen atoms in total. The summed E-state index contributed by atoms with van der Waals surface area (Å²) in [6.07, 6.45) is 5.92. The molecule has 0 bridgehead atoms. The molecule has 3 aromatic rings. The SMILES string of the molecule is CC(Sc1nnc(C2CCCCC2)o1)C(=O)Nc1ccc(OCc2ccccc2)cc1. The van der Waals surface area contributed by atoms with E-state index in [9.17, 15) is 4.79 Å². The molecule has 1 atom stereocenters. The molecule has 0 spiro atoms. The van der Waals surface area contributed by atoms with Gasteiger partial charge in [-0.15, -0.1) is 10.2 Å². The maximum atomic E-state index is 12.6. The molecule has 1 amide bonds. The number of ether oxygens (including phenoxy) is 1. The summed E-state index contributed by atoms with van der Waals surface area (Å²) in [5.74, 6) is 1.72. The van der Waals surface area contributed by atoms with Crippen LogP contribution in [0, 0.1) is 0 Å². The Morgan fingerprint density at radius 3 is 2.58 bits per heavy atom. The number of benzene rings is 2. The van der Waals surface area contributed by atoms with Crippen molar-refractivity contribution in [2.75, 3.05) is 5.32 Å². The summed E-state index contributed by atoms with van der Waals surface area (Å²) in [6, 6.07) is 17.4. The number of thioether (sulfide) groups is 1. The molecule has 0 saturated heterocycles. The summed E-state index contributed by atoms with van der Waals surface area (Å²) >= 11 is 1.29. The summed E-state index contributed by atoms with van der Waals surface area (Å²) in [5, 5.41) is 11.4. The number of carbonyl (C=O) groups is 1. The largest absolute Gasteiger partial charge is 0.489 e. The van der Waals surface area contributed by atoms with Crippen LogP contribution in [-0.4, -0.2) is 21.4 Å². The van der Waals surface area contributed by atoms with Gasteiger partial charge in [0, 0.05) is 11.6 Å². The lowest BCUT2D eigenvalue weighted by Gasteiger charge is -2.17. The first-order chi connectivity index (χ1) is 15.2. The van der Waals surface area contributed by atoms with Gasteiger partial charge in [-0.3, -0.25) is 4.79 Å². The van der Waals surface area contributed by atoms with E-state index in [-0.39, 0.29) is 11.2 Å². The van der Waals surface area contributed by atoms with Crippen molar-refractivity contribution in [3.8, 4) is 5.75 Å². The van der Waals surface area contributed by atoms with Crippen LogP contribution in [0.4, 0.5) is 5.69 Å². The maximum absolute atomic E-state index is 12.6. The molecular weight excluding hydrogens is 410 g/mol. The molecule has 0 aliphatic heterocycles. The van der Waals surface area contributed by atoms with E-state index < -0.39 is 0 Å². The van der Waals surface area contributed by atoms with Gasteiger partial charge >= 0.3 is 0 Å². The maximum Gasteiger partial charge on any atom is 0.277 e. The predicted molar refractivity (Wildman–Crippen MR) is 121 cm³/mol. The van der Waals surface area contributed by atoms with Gasteiger partial charge in [-0.2, -0.15) is 0 Å². The Balaban J connectivity index is 1.26. The molecule has 2 aromatic carbocycles. The summed E-state index contributed by atoms with van der Waals surface area (Å²) in [4.78, 5) is 12.6. The Morgan fingerprint density at radius 1 is 1.10 bits per heavy atom. The third kappa shape index (κ3) is 6.10. The van der Waals surface area contributed by atoms with Crippen molar-refractivity contribution >= 4 is 23.4 Å². The predicted octanol–water partition coefficient (Wildman–Crippen LogP) is 5.82. The highest BCUT2D eigenvalue weighted by Crippen LogP contribution is 2.33. The lowest BCUT2D eigenvalue weighted by atomic mass is 9.89. The fourth-order valence-electron chi connectivity index (χ4n) is 3.61. The van der Waals surface area contributed by atoms with Crippen LogP contribution in [0.3, 0.4) is 0 Å². The molecule has 1 aliphatic rings. The molecule has 162 valence electrons. The van der Waals surface area contributed by atoms with Gasteiger partial charge in [0.2, 0.25) is 11.8 Å². The lowest BCUT2D eigenvalue weighted by Crippen LogP contribution is -2.22. The zero-order valence-corrected chi connectivity index (χ0v) is 18.4. The van der Waals surface area contributed by atoms with Crippen molar-refractivity contribution in [1.29, 1.82) is 0 Å². The number of amides is 1. The van der Waals surface area contributed by atoms with E-state index in [0.29, 0.717) is 23.6 Å². The number of aromatic nitrogens is 2. The molecule has 0 radical (unpaired) electrons. The van der Waals surface area contributed by atoms with Crippen LogP contribution in [0.15, 0.2) is 64.2 Å². The number of hydrogen-bond donors (Lipinski definition) is 1. The van der Waals surface area contributed by atoms with Gasteiger partial charge in [-0.05, 0) is 49.6 Å². The van der Waals surface area contributed by atoms with Crippen molar-refractivity contribution in [2.45, 2.75) is 62.0 Å². The van der Waals surface area contributed by atoms with E-state index >= 15 is 0 Å². The minimum atomic E-state index is -0.353. The minimum Gasteiger partial charge on any atom is -0.489 e. The molecule has 1 heterocycles. The van der Waals surface area contributed by atoms with Gasteiger partial charge in [-0.25, -0.2) is 0 Å². The second kappa shape index (κ2) is 10.5. The molecular formula is C24H27N3O3S. The van der Waals surface area contributed by atoms with Gasteiger partial charge in [0.15, 0.2) is 0 Å². The quantitative estimate of drug-likeness (QED) is 0.448. The van der Waals surface area contributed by atoms with Crippen LogP contribution < -0.4 is 10.1 Å². The van der Waals surface area contributed by atoms with Crippen molar-refractivity contribution in [3.63, 3.8) is 0 Å². The second-order valence-electron chi connectivity index (χ2n) is 7.79. The summed E-state index contributed by atoms with van der Waals surface area (Å²) < 4.78 is 11.6. The number of anilines is 1. The Labute approximate surface area is 186 Å². The molecule has 1 fully saturated rings. The lowest BCUT2D eigenvalue weighted by molar-refractivity contribution is -0.115. The van der Waals surface area contributed by atoms with E-state index in [1.807, 2.05) is 61.5 Å². The highest BCUT2D eigenvalue weighted by atomic mass is 32.2. The minimum absolute atomic E-state index is 0.111. The van der Waals surface area contributed by atoms with Crippen LogP contribution in [-0.2, 0) is 11.4 Å². The number of nitrogens with one attached hydrogen (secondary N) is 1. The van der Waals surface area contributed by atoms with Crippen LogP contribution in [0.5, 0.6) is 5.75 Å². The topological polar surface area (TPSA) is 77.2 Å². The van der Waals surface area contributed by atoms with E-state index in [0.717, 1.165) is 29.8 Å². The van der Waals surface area contributed by atoms with Gasteiger partial charge < -0.3 is 14.5 Å². The smallest absolute Gasteiger partial charge is 0.277 e. The number of nitrogens with zero attached hydrogens (tertiary/aromatic N) is 2.